The van der Waals surface area contributed by atoms with Gasteiger partial charge in [-0.3, -0.25) is 4.79 Å². The molecule has 0 aliphatic rings. The van der Waals surface area contributed by atoms with Gasteiger partial charge < -0.3 is 10.5 Å². The Labute approximate surface area is 116 Å². The smallest absolute Gasteiger partial charge is 0.406 e. The highest BCUT2D eigenvalue weighted by atomic mass is 19.4. The molecule has 2 N–H and O–H groups in total. The van der Waals surface area contributed by atoms with Crippen LogP contribution in [0.25, 0.3) is 0 Å². The number of anilines is 1. The zero-order valence-electron chi connectivity index (χ0n) is 10.4. The molecule has 0 bridgehead atoms. The van der Waals surface area contributed by atoms with Crippen molar-refractivity contribution in [3.63, 3.8) is 0 Å². The first-order chi connectivity index (χ1) is 9.78. The van der Waals surface area contributed by atoms with E-state index in [0.29, 0.717) is 0 Å². The van der Waals surface area contributed by atoms with Crippen LogP contribution in [0.1, 0.15) is 15.9 Å². The highest BCUT2D eigenvalue weighted by Crippen LogP contribution is 2.27. The average Bonchev–Trinajstić information content (AvgIpc) is 2.39. The fourth-order valence-corrected chi connectivity index (χ4v) is 1.72. The third kappa shape index (κ3) is 3.50. The summed E-state index contributed by atoms with van der Waals surface area (Å²) in [5, 5.41) is 0. The highest BCUT2D eigenvalue weighted by molar-refractivity contribution is 6.12. The Morgan fingerprint density at radius 1 is 1.05 bits per heavy atom. The van der Waals surface area contributed by atoms with Gasteiger partial charge in [0.25, 0.3) is 0 Å². The molecule has 0 fully saturated rings. The predicted molar refractivity (Wildman–Crippen MR) is 67.4 cm³/mol. The molecule has 0 aromatic heterocycles. The Morgan fingerprint density at radius 3 is 2.33 bits per heavy atom. The largest absolute Gasteiger partial charge is 0.573 e. The normalized spacial score (nSPS) is 11.2. The lowest BCUT2D eigenvalue weighted by Gasteiger charge is -2.11. The van der Waals surface area contributed by atoms with Crippen LogP contribution in [-0.4, -0.2) is 12.1 Å². The number of ether oxygens (including phenoxy) is 1. The Bertz CT molecular complexity index is 683. The second kappa shape index (κ2) is 5.43. The fourth-order valence-electron chi connectivity index (χ4n) is 1.72. The van der Waals surface area contributed by atoms with E-state index in [2.05, 4.69) is 4.74 Å². The molecular formula is C14H9F4NO2. The van der Waals surface area contributed by atoms with Crippen LogP contribution in [0.3, 0.4) is 0 Å². The van der Waals surface area contributed by atoms with Crippen molar-refractivity contribution >= 4 is 11.5 Å². The third-order valence-electron chi connectivity index (χ3n) is 2.62. The Kier molecular flexibility index (Phi) is 3.84. The quantitative estimate of drug-likeness (QED) is 0.536. The number of carbonyl (C=O) groups is 1. The van der Waals surface area contributed by atoms with E-state index >= 15 is 0 Å². The molecular weight excluding hydrogens is 290 g/mol. The second-order valence-electron chi connectivity index (χ2n) is 4.11. The number of hydrogen-bond donors (Lipinski definition) is 1. The molecule has 0 aliphatic heterocycles. The minimum atomic E-state index is -4.89. The van der Waals surface area contributed by atoms with E-state index in [4.69, 9.17) is 5.73 Å². The van der Waals surface area contributed by atoms with Crippen molar-refractivity contribution in [1.82, 2.24) is 0 Å². The second-order valence-corrected chi connectivity index (χ2v) is 4.11. The molecule has 3 nitrogen and oxygen atoms in total. The number of halogens is 4. The molecule has 0 saturated heterocycles. The van der Waals surface area contributed by atoms with E-state index in [1.165, 1.54) is 18.2 Å². The first-order valence-electron chi connectivity index (χ1n) is 5.72. The van der Waals surface area contributed by atoms with Crippen LogP contribution in [0, 0.1) is 5.82 Å². The Hall–Kier alpha value is -2.57. The first kappa shape index (κ1) is 14.8. The number of nitrogens with two attached hydrogens (primary N) is 1. The number of nitrogen functional groups attached to an aromatic ring is 1. The number of benzene rings is 2. The van der Waals surface area contributed by atoms with Gasteiger partial charge >= 0.3 is 6.36 Å². The van der Waals surface area contributed by atoms with Gasteiger partial charge in [-0.25, -0.2) is 4.39 Å². The van der Waals surface area contributed by atoms with E-state index in [-0.39, 0.29) is 16.8 Å². The number of ketones is 1. The molecule has 0 atom stereocenters. The minimum absolute atomic E-state index is 0.0715. The maximum absolute atomic E-state index is 13.6. The monoisotopic (exact) mass is 299 g/mol. The fraction of sp³-hybridized carbons (Fsp3) is 0.0714. The van der Waals surface area contributed by atoms with E-state index in [1.807, 2.05) is 0 Å². The summed E-state index contributed by atoms with van der Waals surface area (Å²) < 4.78 is 53.8. The molecule has 0 radical (unpaired) electrons. The first-order valence-corrected chi connectivity index (χ1v) is 5.72. The van der Waals surface area contributed by atoms with Crippen LogP contribution in [-0.2, 0) is 0 Å². The lowest BCUT2D eigenvalue weighted by atomic mass is 10.0. The summed E-state index contributed by atoms with van der Waals surface area (Å²) in [7, 11) is 0. The zero-order chi connectivity index (χ0) is 15.6. The molecule has 7 heteroatoms. The van der Waals surface area contributed by atoms with Crippen LogP contribution in [0.5, 0.6) is 5.75 Å². The topological polar surface area (TPSA) is 52.3 Å². The van der Waals surface area contributed by atoms with Crippen LogP contribution < -0.4 is 10.5 Å². The average molecular weight is 299 g/mol. The van der Waals surface area contributed by atoms with Gasteiger partial charge in [0.05, 0.1) is 5.56 Å². The van der Waals surface area contributed by atoms with Gasteiger partial charge in [-0.2, -0.15) is 0 Å². The van der Waals surface area contributed by atoms with Gasteiger partial charge in [-0.1, -0.05) is 12.1 Å². The van der Waals surface area contributed by atoms with Crippen molar-refractivity contribution < 1.29 is 27.1 Å². The summed E-state index contributed by atoms with van der Waals surface area (Å²) in [5.74, 6) is -2.21. The van der Waals surface area contributed by atoms with Crippen molar-refractivity contribution in [2.75, 3.05) is 5.73 Å². The van der Waals surface area contributed by atoms with Gasteiger partial charge in [0.2, 0.25) is 0 Å². The summed E-state index contributed by atoms with van der Waals surface area (Å²) in [4.78, 5) is 12.1. The van der Waals surface area contributed by atoms with Gasteiger partial charge in [0, 0.05) is 11.3 Å². The van der Waals surface area contributed by atoms with Crippen molar-refractivity contribution in [3.8, 4) is 5.75 Å². The molecule has 0 amide bonds. The number of rotatable bonds is 3. The van der Waals surface area contributed by atoms with E-state index in [9.17, 15) is 22.4 Å². The van der Waals surface area contributed by atoms with Crippen molar-refractivity contribution in [3.05, 3.63) is 59.4 Å². The molecule has 2 rings (SSSR count). The maximum Gasteiger partial charge on any atom is 0.573 e. The van der Waals surface area contributed by atoms with Crippen LogP contribution >= 0.6 is 0 Å². The van der Waals surface area contributed by atoms with Gasteiger partial charge in [-0.15, -0.1) is 13.2 Å². The van der Waals surface area contributed by atoms with E-state index < -0.39 is 23.7 Å². The SMILES string of the molecule is Nc1ccc(OC(F)(F)F)cc1C(=O)c1ccccc1F. The maximum atomic E-state index is 13.6. The summed E-state index contributed by atoms with van der Waals surface area (Å²) in [5.41, 5.74) is 4.94. The van der Waals surface area contributed by atoms with Crippen molar-refractivity contribution in [2.24, 2.45) is 0 Å². The number of carbonyl (C=O) groups excluding carboxylic acids is 1. The molecule has 21 heavy (non-hydrogen) atoms. The summed E-state index contributed by atoms with van der Waals surface area (Å²) in [6, 6.07) is 8.00. The predicted octanol–water partition coefficient (Wildman–Crippen LogP) is 3.54. The summed E-state index contributed by atoms with van der Waals surface area (Å²) in [6.45, 7) is 0. The van der Waals surface area contributed by atoms with Crippen LogP contribution in [0.4, 0.5) is 23.2 Å². The minimum Gasteiger partial charge on any atom is -0.406 e. The third-order valence-corrected chi connectivity index (χ3v) is 2.62. The summed E-state index contributed by atoms with van der Waals surface area (Å²) >= 11 is 0. The molecule has 2 aromatic rings. The molecule has 0 unspecified atom stereocenters. The standard InChI is InChI=1S/C14H9F4NO2/c15-11-4-2-1-3-9(11)13(20)10-7-8(5-6-12(10)19)21-14(16,17)18/h1-7H,19H2. The van der Waals surface area contributed by atoms with Gasteiger partial charge in [0.15, 0.2) is 5.78 Å². The van der Waals surface area contributed by atoms with Crippen LogP contribution in [0.15, 0.2) is 42.5 Å². The Balaban J connectivity index is 2.42. The zero-order valence-corrected chi connectivity index (χ0v) is 10.4. The lowest BCUT2D eigenvalue weighted by Crippen LogP contribution is -2.17. The van der Waals surface area contributed by atoms with Crippen LogP contribution in [0.2, 0.25) is 0 Å². The van der Waals surface area contributed by atoms with Crippen molar-refractivity contribution in [1.29, 1.82) is 0 Å². The molecule has 2 aromatic carbocycles. The molecule has 0 spiro atoms. The van der Waals surface area contributed by atoms with Crippen molar-refractivity contribution in [2.45, 2.75) is 6.36 Å². The van der Waals surface area contributed by atoms with E-state index in [1.54, 1.807) is 0 Å². The molecule has 0 heterocycles. The van der Waals surface area contributed by atoms with E-state index in [0.717, 1.165) is 24.3 Å². The molecule has 0 saturated carbocycles. The van der Waals surface area contributed by atoms with Gasteiger partial charge in [-0.05, 0) is 30.3 Å². The molecule has 0 aliphatic carbocycles. The molecule has 110 valence electrons. The van der Waals surface area contributed by atoms with Gasteiger partial charge in [0.1, 0.15) is 11.6 Å². The number of hydrogen-bond acceptors (Lipinski definition) is 3. The number of alkyl halides is 3. The highest BCUT2D eigenvalue weighted by Gasteiger charge is 2.31. The lowest BCUT2D eigenvalue weighted by molar-refractivity contribution is -0.274. The summed E-state index contributed by atoms with van der Waals surface area (Å²) in [6.07, 6.45) is -4.89. The Morgan fingerprint density at radius 2 is 1.71 bits per heavy atom.